The first-order chi connectivity index (χ1) is 14.1. The molecule has 1 unspecified atom stereocenters. The van der Waals surface area contributed by atoms with E-state index in [0.717, 1.165) is 38.6 Å². The number of benzene rings is 1. The molecule has 2 aromatic rings. The van der Waals surface area contributed by atoms with Crippen molar-refractivity contribution in [3.63, 3.8) is 0 Å². The van der Waals surface area contributed by atoms with Gasteiger partial charge >= 0.3 is 0 Å². The molecule has 6 nitrogen and oxygen atoms in total. The Morgan fingerprint density at radius 1 is 1.10 bits per heavy atom. The normalized spacial score (nSPS) is 21.6. The van der Waals surface area contributed by atoms with E-state index in [0.29, 0.717) is 24.5 Å². The highest BCUT2D eigenvalue weighted by Gasteiger charge is 2.52. The van der Waals surface area contributed by atoms with E-state index in [1.165, 1.54) is 11.8 Å². The Hall–Kier alpha value is -2.89. The number of rotatable bonds is 5. The average Bonchev–Trinajstić information content (AvgIpc) is 3.19. The van der Waals surface area contributed by atoms with Gasteiger partial charge in [-0.25, -0.2) is 4.98 Å². The van der Waals surface area contributed by atoms with Gasteiger partial charge in [-0.2, -0.15) is 0 Å². The lowest BCUT2D eigenvalue weighted by molar-refractivity contribution is -0.145. The van der Waals surface area contributed by atoms with Gasteiger partial charge in [0.05, 0.1) is 12.7 Å². The van der Waals surface area contributed by atoms with Crippen molar-refractivity contribution in [3.8, 4) is 5.88 Å². The van der Waals surface area contributed by atoms with E-state index < -0.39 is 5.54 Å². The predicted molar refractivity (Wildman–Crippen MR) is 110 cm³/mol. The first-order valence-corrected chi connectivity index (χ1v) is 10.3. The van der Waals surface area contributed by atoms with Gasteiger partial charge < -0.3 is 14.5 Å². The van der Waals surface area contributed by atoms with Crippen LogP contribution in [0.5, 0.6) is 5.88 Å². The molecule has 1 spiro atoms. The standard InChI is InChI=1S/C23H27N3O3/c1-29-20-10-9-19(17-24-20)21(27)26-15-6-13-23(26)12-5-14-25(22(23)28)16-11-18-7-3-2-4-8-18/h2-4,7-10,17H,5-6,11-16H2,1H3. The Morgan fingerprint density at radius 2 is 1.86 bits per heavy atom. The number of hydrogen-bond acceptors (Lipinski definition) is 4. The topological polar surface area (TPSA) is 62.7 Å². The van der Waals surface area contributed by atoms with E-state index in [1.807, 2.05) is 23.1 Å². The molecule has 2 fully saturated rings. The van der Waals surface area contributed by atoms with Crippen LogP contribution in [0.15, 0.2) is 48.7 Å². The van der Waals surface area contributed by atoms with Crippen molar-refractivity contribution in [2.24, 2.45) is 0 Å². The van der Waals surface area contributed by atoms with Gasteiger partial charge in [0.25, 0.3) is 5.91 Å². The Morgan fingerprint density at radius 3 is 2.55 bits per heavy atom. The van der Waals surface area contributed by atoms with Gasteiger partial charge in [0.15, 0.2) is 0 Å². The van der Waals surface area contributed by atoms with Crippen LogP contribution in [0, 0.1) is 0 Å². The zero-order valence-electron chi connectivity index (χ0n) is 16.8. The first-order valence-electron chi connectivity index (χ1n) is 10.3. The molecular formula is C23H27N3O3. The van der Waals surface area contributed by atoms with Crippen molar-refractivity contribution < 1.29 is 14.3 Å². The highest BCUT2D eigenvalue weighted by Crippen LogP contribution is 2.39. The van der Waals surface area contributed by atoms with Crippen LogP contribution in [-0.2, 0) is 11.2 Å². The summed E-state index contributed by atoms with van der Waals surface area (Å²) < 4.78 is 5.08. The molecule has 0 bridgehead atoms. The van der Waals surface area contributed by atoms with E-state index in [-0.39, 0.29) is 11.8 Å². The Bertz CT molecular complexity index is 869. The number of carbonyl (C=O) groups excluding carboxylic acids is 2. The minimum Gasteiger partial charge on any atom is -0.481 e. The second kappa shape index (κ2) is 8.23. The Balaban J connectivity index is 1.51. The minimum atomic E-state index is -0.702. The Kier molecular flexibility index (Phi) is 5.51. The van der Waals surface area contributed by atoms with E-state index >= 15 is 0 Å². The average molecular weight is 393 g/mol. The van der Waals surface area contributed by atoms with E-state index in [2.05, 4.69) is 17.1 Å². The molecule has 3 heterocycles. The number of piperidine rings is 1. The molecule has 0 aliphatic carbocycles. The molecule has 1 atom stereocenters. The highest BCUT2D eigenvalue weighted by molar-refractivity contribution is 5.99. The van der Waals surface area contributed by atoms with E-state index in [1.54, 1.807) is 24.1 Å². The molecule has 4 rings (SSSR count). The van der Waals surface area contributed by atoms with Crippen molar-refractivity contribution in [1.29, 1.82) is 0 Å². The fourth-order valence-electron chi connectivity index (χ4n) is 4.63. The third-order valence-electron chi connectivity index (χ3n) is 6.14. The van der Waals surface area contributed by atoms with Crippen molar-refractivity contribution in [1.82, 2.24) is 14.8 Å². The molecule has 1 aromatic carbocycles. The molecular weight excluding hydrogens is 366 g/mol. The van der Waals surface area contributed by atoms with Crippen molar-refractivity contribution in [2.45, 2.75) is 37.6 Å². The molecule has 1 aromatic heterocycles. The van der Waals surface area contributed by atoms with Gasteiger partial charge in [-0.1, -0.05) is 30.3 Å². The largest absolute Gasteiger partial charge is 0.481 e. The molecule has 6 heteroatoms. The molecule has 0 N–H and O–H groups in total. The molecule has 152 valence electrons. The number of ether oxygens (including phenoxy) is 1. The summed E-state index contributed by atoms with van der Waals surface area (Å²) in [5.41, 5.74) is 1.02. The highest BCUT2D eigenvalue weighted by atomic mass is 16.5. The Labute approximate surface area is 171 Å². The number of amides is 2. The van der Waals surface area contributed by atoms with Crippen LogP contribution in [0.2, 0.25) is 0 Å². The van der Waals surface area contributed by atoms with Gasteiger partial charge in [-0.3, -0.25) is 9.59 Å². The summed E-state index contributed by atoms with van der Waals surface area (Å²) in [6, 6.07) is 13.6. The van der Waals surface area contributed by atoms with Crippen LogP contribution in [0.25, 0.3) is 0 Å². The molecule has 29 heavy (non-hydrogen) atoms. The maximum atomic E-state index is 13.5. The smallest absolute Gasteiger partial charge is 0.256 e. The third kappa shape index (κ3) is 3.71. The number of aromatic nitrogens is 1. The zero-order valence-corrected chi connectivity index (χ0v) is 16.8. The number of methoxy groups -OCH3 is 1. The van der Waals surface area contributed by atoms with Gasteiger partial charge in [-0.05, 0) is 43.7 Å². The SMILES string of the molecule is COc1ccc(C(=O)N2CCCC23CCCN(CCc2ccccc2)C3=O)cn1. The maximum Gasteiger partial charge on any atom is 0.256 e. The molecule has 2 saturated heterocycles. The summed E-state index contributed by atoms with van der Waals surface area (Å²) in [6.45, 7) is 2.07. The fourth-order valence-corrected chi connectivity index (χ4v) is 4.63. The van der Waals surface area contributed by atoms with Crippen LogP contribution < -0.4 is 4.74 Å². The number of likely N-dealkylation sites (tertiary alicyclic amines) is 2. The van der Waals surface area contributed by atoms with Gasteiger partial charge in [0.1, 0.15) is 5.54 Å². The van der Waals surface area contributed by atoms with Crippen LogP contribution in [0.4, 0.5) is 0 Å². The summed E-state index contributed by atoms with van der Waals surface area (Å²) in [7, 11) is 1.55. The molecule has 2 aliphatic heterocycles. The van der Waals surface area contributed by atoms with E-state index in [4.69, 9.17) is 4.74 Å². The first kappa shape index (κ1) is 19.4. The summed E-state index contributed by atoms with van der Waals surface area (Å²) in [6.07, 6.45) is 5.62. The van der Waals surface area contributed by atoms with Crippen LogP contribution >= 0.6 is 0 Å². The quantitative estimate of drug-likeness (QED) is 0.784. The third-order valence-corrected chi connectivity index (χ3v) is 6.14. The van der Waals surface area contributed by atoms with Crippen LogP contribution in [0.3, 0.4) is 0 Å². The number of hydrogen-bond donors (Lipinski definition) is 0. The number of carbonyl (C=O) groups is 2. The van der Waals surface area contributed by atoms with Crippen molar-refractivity contribution >= 4 is 11.8 Å². The lowest BCUT2D eigenvalue weighted by Gasteiger charge is -2.44. The van der Waals surface area contributed by atoms with E-state index in [9.17, 15) is 9.59 Å². The van der Waals surface area contributed by atoms with Crippen molar-refractivity contribution in [3.05, 3.63) is 59.8 Å². The maximum absolute atomic E-state index is 13.5. The van der Waals surface area contributed by atoms with Gasteiger partial charge in [-0.15, -0.1) is 0 Å². The summed E-state index contributed by atoms with van der Waals surface area (Å²) in [5, 5.41) is 0. The predicted octanol–water partition coefficient (Wildman–Crippen LogP) is 2.93. The molecule has 0 radical (unpaired) electrons. The number of nitrogens with zero attached hydrogens (tertiary/aromatic N) is 3. The molecule has 2 aliphatic rings. The molecule has 2 amide bonds. The second-order valence-corrected chi connectivity index (χ2v) is 7.81. The minimum absolute atomic E-state index is 0.104. The van der Waals surface area contributed by atoms with Gasteiger partial charge in [0.2, 0.25) is 11.8 Å². The van der Waals surface area contributed by atoms with Gasteiger partial charge in [0, 0.05) is 31.9 Å². The second-order valence-electron chi connectivity index (χ2n) is 7.81. The fraction of sp³-hybridized carbons (Fsp3) is 0.435. The van der Waals surface area contributed by atoms with Crippen molar-refractivity contribution in [2.75, 3.05) is 26.7 Å². The summed E-state index contributed by atoms with van der Waals surface area (Å²) in [5.74, 6) is 0.460. The lowest BCUT2D eigenvalue weighted by atomic mass is 9.85. The molecule has 0 saturated carbocycles. The summed E-state index contributed by atoms with van der Waals surface area (Å²) in [4.78, 5) is 34.6. The number of pyridine rings is 1. The van der Waals surface area contributed by atoms with Crippen LogP contribution in [-0.4, -0.2) is 58.9 Å². The monoisotopic (exact) mass is 393 g/mol. The summed E-state index contributed by atoms with van der Waals surface area (Å²) >= 11 is 0. The lowest BCUT2D eigenvalue weighted by Crippen LogP contribution is -2.61. The zero-order chi connectivity index (χ0) is 20.3. The van der Waals surface area contributed by atoms with Crippen LogP contribution in [0.1, 0.15) is 41.6 Å².